The third-order valence-corrected chi connectivity index (χ3v) is 4.67. The highest BCUT2D eigenvalue weighted by atomic mass is 14.7. The fourth-order valence-electron chi connectivity index (χ4n) is 3.72. The molecule has 0 saturated carbocycles. The van der Waals surface area contributed by atoms with Crippen LogP contribution in [-0.2, 0) is 0 Å². The molecular formula is C21H14N. The number of hydrogen-bond donors (Lipinski definition) is 1. The molecule has 0 bridgehead atoms. The molecule has 1 nitrogen and oxygen atoms in total. The van der Waals surface area contributed by atoms with Gasteiger partial charge in [-0.05, 0) is 33.9 Å². The van der Waals surface area contributed by atoms with Gasteiger partial charge in [-0.25, -0.2) is 0 Å². The zero-order valence-corrected chi connectivity index (χ0v) is 12.0. The van der Waals surface area contributed by atoms with Gasteiger partial charge >= 0.3 is 0 Å². The van der Waals surface area contributed by atoms with E-state index in [9.17, 15) is 0 Å². The highest BCUT2D eigenvalue weighted by Gasteiger charge is 2.30. The first-order valence-corrected chi connectivity index (χ1v) is 7.60. The van der Waals surface area contributed by atoms with Gasteiger partial charge in [0.2, 0.25) is 0 Å². The van der Waals surface area contributed by atoms with Crippen molar-refractivity contribution in [3.8, 4) is 11.1 Å². The van der Waals surface area contributed by atoms with Gasteiger partial charge in [0.25, 0.3) is 0 Å². The molecule has 0 fully saturated rings. The van der Waals surface area contributed by atoms with Crippen LogP contribution in [0.1, 0.15) is 22.6 Å². The first-order valence-electron chi connectivity index (χ1n) is 7.60. The third kappa shape index (κ3) is 1.48. The normalized spacial score (nSPS) is 13.3. The molecular weight excluding hydrogens is 266 g/mol. The maximum absolute atomic E-state index is 3.41. The number of aromatic amines is 1. The first kappa shape index (κ1) is 11.8. The van der Waals surface area contributed by atoms with Crippen molar-refractivity contribution in [1.82, 2.24) is 4.98 Å². The second-order valence-corrected chi connectivity index (χ2v) is 5.82. The molecule has 1 aliphatic carbocycles. The molecule has 5 rings (SSSR count). The van der Waals surface area contributed by atoms with Crippen LogP contribution in [0.4, 0.5) is 0 Å². The molecule has 0 saturated heterocycles. The smallest absolute Gasteiger partial charge is 0.0676 e. The molecule has 4 aromatic rings. The number of aromatic nitrogens is 1. The molecule has 1 aromatic heterocycles. The SMILES string of the molecule is [c]1[nH]c2ccccc2c1C1c2ccccc2-c2ccccc21. The number of benzene rings is 3. The van der Waals surface area contributed by atoms with Crippen molar-refractivity contribution in [3.05, 3.63) is 95.7 Å². The van der Waals surface area contributed by atoms with E-state index in [1.807, 2.05) is 0 Å². The quantitative estimate of drug-likeness (QED) is 0.438. The van der Waals surface area contributed by atoms with Crippen molar-refractivity contribution >= 4 is 10.9 Å². The zero-order valence-electron chi connectivity index (χ0n) is 12.0. The second-order valence-electron chi connectivity index (χ2n) is 5.82. The van der Waals surface area contributed by atoms with Gasteiger partial charge in [0.15, 0.2) is 0 Å². The minimum atomic E-state index is 0.267. The molecule has 1 N–H and O–H groups in total. The van der Waals surface area contributed by atoms with Crippen molar-refractivity contribution in [3.63, 3.8) is 0 Å². The van der Waals surface area contributed by atoms with Crippen LogP contribution in [0.5, 0.6) is 0 Å². The van der Waals surface area contributed by atoms with Crippen molar-refractivity contribution in [1.29, 1.82) is 0 Å². The lowest BCUT2D eigenvalue weighted by Gasteiger charge is -2.12. The number of rotatable bonds is 1. The van der Waals surface area contributed by atoms with Crippen LogP contribution in [0.25, 0.3) is 22.0 Å². The van der Waals surface area contributed by atoms with E-state index in [1.54, 1.807) is 0 Å². The lowest BCUT2D eigenvalue weighted by molar-refractivity contribution is 1.02. The van der Waals surface area contributed by atoms with Crippen LogP contribution in [0.2, 0.25) is 0 Å². The Kier molecular flexibility index (Phi) is 2.33. The molecule has 1 radical (unpaired) electrons. The number of hydrogen-bond acceptors (Lipinski definition) is 0. The Morgan fingerprint density at radius 3 is 2.00 bits per heavy atom. The zero-order chi connectivity index (χ0) is 14.5. The van der Waals surface area contributed by atoms with Crippen LogP contribution in [-0.4, -0.2) is 4.98 Å². The maximum atomic E-state index is 3.41. The Balaban J connectivity index is 1.85. The molecule has 0 unspecified atom stereocenters. The topological polar surface area (TPSA) is 15.8 Å². The van der Waals surface area contributed by atoms with Crippen molar-refractivity contribution < 1.29 is 0 Å². The highest BCUT2D eigenvalue weighted by molar-refractivity contribution is 5.88. The van der Waals surface area contributed by atoms with E-state index >= 15 is 0 Å². The molecule has 0 atom stereocenters. The summed E-state index contributed by atoms with van der Waals surface area (Å²) in [6.45, 7) is 0. The van der Waals surface area contributed by atoms with Gasteiger partial charge in [-0.3, -0.25) is 0 Å². The standard InChI is InChI=1S/C21H14N/c1-3-10-17-14(7-1)15-8-2-4-11-18(15)21(17)19-13-22-20-12-6-5-9-16(19)20/h1-12,21-22H. The third-order valence-electron chi connectivity index (χ3n) is 4.67. The van der Waals surface area contributed by atoms with E-state index in [4.69, 9.17) is 0 Å². The number of para-hydroxylation sites is 1. The summed E-state index contributed by atoms with van der Waals surface area (Å²) in [7, 11) is 0. The van der Waals surface area contributed by atoms with Crippen LogP contribution in [0.15, 0.2) is 72.8 Å². The fraction of sp³-hybridized carbons (Fsp3) is 0.0476. The van der Waals surface area contributed by atoms with E-state index in [0.717, 1.165) is 5.52 Å². The maximum Gasteiger partial charge on any atom is 0.0676 e. The van der Waals surface area contributed by atoms with Crippen molar-refractivity contribution in [2.75, 3.05) is 0 Å². The van der Waals surface area contributed by atoms with Crippen LogP contribution in [0.3, 0.4) is 0 Å². The van der Waals surface area contributed by atoms with Gasteiger partial charge in [-0.15, -0.1) is 0 Å². The summed E-state index contributed by atoms with van der Waals surface area (Å²) in [5, 5.41) is 1.26. The summed E-state index contributed by atoms with van der Waals surface area (Å²) >= 11 is 0. The number of H-pyrrole nitrogens is 1. The van der Waals surface area contributed by atoms with Gasteiger partial charge in [-0.2, -0.15) is 0 Å². The fourth-order valence-corrected chi connectivity index (χ4v) is 3.72. The average molecular weight is 280 g/mol. The molecule has 0 aliphatic heterocycles. The molecule has 3 aromatic carbocycles. The Bertz CT molecular complexity index is 948. The Labute approximate surface area is 129 Å². The van der Waals surface area contributed by atoms with Gasteiger partial charge in [0.05, 0.1) is 6.20 Å². The van der Waals surface area contributed by atoms with E-state index in [-0.39, 0.29) is 5.92 Å². The molecule has 103 valence electrons. The van der Waals surface area contributed by atoms with E-state index < -0.39 is 0 Å². The first-order chi connectivity index (χ1) is 10.9. The molecule has 1 heterocycles. The minimum absolute atomic E-state index is 0.267. The summed E-state index contributed by atoms with van der Waals surface area (Å²) in [5.41, 5.74) is 7.85. The van der Waals surface area contributed by atoms with Gasteiger partial charge in [0, 0.05) is 16.8 Å². The molecule has 1 heteroatoms. The van der Waals surface area contributed by atoms with Crippen molar-refractivity contribution in [2.24, 2.45) is 0 Å². The lowest BCUT2D eigenvalue weighted by atomic mass is 9.89. The molecule has 22 heavy (non-hydrogen) atoms. The van der Waals surface area contributed by atoms with Gasteiger partial charge < -0.3 is 4.98 Å². The largest absolute Gasteiger partial charge is 0.353 e. The van der Waals surface area contributed by atoms with E-state index in [1.165, 1.54) is 33.2 Å². The summed E-state index contributed by atoms with van der Waals surface area (Å²) in [5.74, 6) is 0.267. The molecule has 0 amide bonds. The van der Waals surface area contributed by atoms with Gasteiger partial charge in [-0.1, -0.05) is 66.7 Å². The summed E-state index contributed by atoms with van der Waals surface area (Å²) in [6.07, 6.45) is 3.41. The Morgan fingerprint density at radius 1 is 0.682 bits per heavy atom. The van der Waals surface area contributed by atoms with Gasteiger partial charge in [0.1, 0.15) is 0 Å². The summed E-state index contributed by atoms with van der Waals surface area (Å²) in [6, 6.07) is 25.9. The van der Waals surface area contributed by atoms with Crippen molar-refractivity contribution in [2.45, 2.75) is 5.92 Å². The summed E-state index contributed by atoms with van der Waals surface area (Å²) < 4.78 is 0. The summed E-state index contributed by atoms with van der Waals surface area (Å²) in [4.78, 5) is 3.30. The van der Waals surface area contributed by atoms with Crippen LogP contribution >= 0.6 is 0 Å². The number of nitrogens with one attached hydrogen (secondary N) is 1. The number of fused-ring (bicyclic) bond motifs is 4. The second kappa shape index (κ2) is 4.35. The van der Waals surface area contributed by atoms with E-state index in [0.29, 0.717) is 0 Å². The van der Waals surface area contributed by atoms with Crippen LogP contribution in [0, 0.1) is 6.20 Å². The highest BCUT2D eigenvalue weighted by Crippen LogP contribution is 2.48. The monoisotopic (exact) mass is 280 g/mol. The Hall–Kier alpha value is -2.80. The lowest BCUT2D eigenvalue weighted by Crippen LogP contribution is -1.98. The predicted octanol–water partition coefficient (Wildman–Crippen LogP) is 5.13. The average Bonchev–Trinajstić information content (AvgIpc) is 3.14. The predicted molar refractivity (Wildman–Crippen MR) is 90.0 cm³/mol. The van der Waals surface area contributed by atoms with E-state index in [2.05, 4.69) is 84.0 Å². The molecule has 1 aliphatic rings. The molecule has 0 spiro atoms. The minimum Gasteiger partial charge on any atom is -0.353 e. The Morgan fingerprint density at radius 2 is 1.27 bits per heavy atom. The van der Waals surface area contributed by atoms with Crippen LogP contribution < -0.4 is 0 Å².